The van der Waals surface area contributed by atoms with Crippen LogP contribution in [0.3, 0.4) is 0 Å². The van der Waals surface area contributed by atoms with E-state index in [9.17, 15) is 8.78 Å². The summed E-state index contributed by atoms with van der Waals surface area (Å²) >= 11 is 0. The van der Waals surface area contributed by atoms with Gasteiger partial charge < -0.3 is 0 Å². The molecule has 1 aliphatic rings. The van der Waals surface area contributed by atoms with Crippen LogP contribution < -0.4 is 0 Å². The summed E-state index contributed by atoms with van der Waals surface area (Å²) < 4.78 is 25.5. The van der Waals surface area contributed by atoms with Crippen molar-refractivity contribution in [1.29, 1.82) is 0 Å². The fraction of sp³-hybridized carbons (Fsp3) is 0.778. The first kappa shape index (κ1) is 8.69. The molecule has 1 atom stereocenters. The van der Waals surface area contributed by atoms with Crippen LogP contribution >= 0.6 is 0 Å². The van der Waals surface area contributed by atoms with Gasteiger partial charge in [-0.1, -0.05) is 12.2 Å². The third-order valence-electron chi connectivity index (χ3n) is 2.14. The minimum atomic E-state index is -2.40. The predicted octanol–water partition coefficient (Wildman–Crippen LogP) is 3.39. The zero-order chi connectivity index (χ0) is 8.32. The number of allylic oxidation sites excluding steroid dienone is 2. The van der Waals surface area contributed by atoms with Crippen LogP contribution in [0, 0.1) is 5.92 Å². The van der Waals surface area contributed by atoms with E-state index in [0.29, 0.717) is 6.42 Å². The number of halogens is 2. The Kier molecular flexibility index (Phi) is 2.63. The van der Waals surface area contributed by atoms with Gasteiger partial charge in [-0.2, -0.15) is 0 Å². The van der Waals surface area contributed by atoms with Crippen molar-refractivity contribution in [3.05, 3.63) is 12.2 Å². The van der Waals surface area contributed by atoms with Crippen molar-refractivity contribution in [1.82, 2.24) is 0 Å². The van der Waals surface area contributed by atoms with Crippen LogP contribution in [0.15, 0.2) is 12.2 Å². The largest absolute Gasteiger partial charge is 0.248 e. The molecule has 1 saturated carbocycles. The van der Waals surface area contributed by atoms with Crippen molar-refractivity contribution >= 4 is 0 Å². The molecule has 64 valence electrons. The van der Waals surface area contributed by atoms with E-state index < -0.39 is 5.92 Å². The highest BCUT2D eigenvalue weighted by atomic mass is 19.3. The molecule has 0 aromatic carbocycles. The summed E-state index contributed by atoms with van der Waals surface area (Å²) in [6.07, 6.45) is 5.50. The highest BCUT2D eigenvalue weighted by Crippen LogP contribution is 2.36. The lowest BCUT2D eigenvalue weighted by molar-refractivity contribution is -0.0453. The molecule has 0 amide bonds. The fourth-order valence-corrected chi connectivity index (χ4v) is 1.65. The van der Waals surface area contributed by atoms with Crippen LogP contribution in [0.5, 0.6) is 0 Å². The maximum atomic E-state index is 12.7. The van der Waals surface area contributed by atoms with Gasteiger partial charge in [-0.25, -0.2) is 8.78 Å². The molecule has 1 fully saturated rings. The molecule has 0 heterocycles. The first-order chi connectivity index (χ1) is 5.14. The van der Waals surface area contributed by atoms with Gasteiger partial charge in [-0.05, 0) is 25.7 Å². The van der Waals surface area contributed by atoms with Crippen molar-refractivity contribution in [2.24, 2.45) is 5.92 Å². The lowest BCUT2D eigenvalue weighted by Crippen LogP contribution is -2.24. The zero-order valence-corrected chi connectivity index (χ0v) is 6.82. The third-order valence-corrected chi connectivity index (χ3v) is 2.14. The molecule has 11 heavy (non-hydrogen) atoms. The summed E-state index contributed by atoms with van der Waals surface area (Å²) in [5, 5.41) is 0. The lowest BCUT2D eigenvalue weighted by Gasteiger charge is -2.26. The molecule has 0 N–H and O–H groups in total. The maximum Gasteiger partial charge on any atom is 0.248 e. The Morgan fingerprint density at radius 3 is 2.73 bits per heavy atom. The summed E-state index contributed by atoms with van der Waals surface area (Å²) in [6.45, 7) is 1.88. The van der Waals surface area contributed by atoms with Crippen LogP contribution in [0.25, 0.3) is 0 Å². The SMILES string of the molecule is C/C=C/C1CCCC(F)(F)C1. The van der Waals surface area contributed by atoms with Crippen molar-refractivity contribution in [3.8, 4) is 0 Å². The van der Waals surface area contributed by atoms with E-state index in [1.165, 1.54) is 0 Å². The van der Waals surface area contributed by atoms with Gasteiger partial charge in [0, 0.05) is 12.8 Å². The average molecular weight is 160 g/mol. The molecule has 2 heteroatoms. The van der Waals surface area contributed by atoms with Gasteiger partial charge in [0.15, 0.2) is 0 Å². The molecule has 0 aliphatic heterocycles. The van der Waals surface area contributed by atoms with Crippen LogP contribution in [0.1, 0.15) is 32.6 Å². The molecule has 0 nitrogen and oxygen atoms in total. The molecular weight excluding hydrogens is 146 g/mol. The second kappa shape index (κ2) is 3.33. The number of hydrogen-bond acceptors (Lipinski definition) is 0. The quantitative estimate of drug-likeness (QED) is 0.516. The maximum absolute atomic E-state index is 12.7. The van der Waals surface area contributed by atoms with Gasteiger partial charge in [0.25, 0.3) is 0 Å². The van der Waals surface area contributed by atoms with E-state index in [1.807, 2.05) is 19.1 Å². The van der Waals surface area contributed by atoms with Crippen molar-refractivity contribution in [3.63, 3.8) is 0 Å². The smallest absolute Gasteiger partial charge is 0.207 e. The van der Waals surface area contributed by atoms with Gasteiger partial charge in [-0.3, -0.25) is 0 Å². The van der Waals surface area contributed by atoms with E-state index in [0.717, 1.165) is 6.42 Å². The van der Waals surface area contributed by atoms with Crippen LogP contribution in [-0.2, 0) is 0 Å². The monoisotopic (exact) mass is 160 g/mol. The molecular formula is C9H14F2. The first-order valence-corrected chi connectivity index (χ1v) is 4.15. The fourth-order valence-electron chi connectivity index (χ4n) is 1.65. The summed E-state index contributed by atoms with van der Waals surface area (Å²) in [5.74, 6) is -2.29. The van der Waals surface area contributed by atoms with Crippen molar-refractivity contribution in [2.45, 2.75) is 38.5 Å². The predicted molar refractivity (Wildman–Crippen MR) is 41.7 cm³/mol. The van der Waals surface area contributed by atoms with E-state index in [-0.39, 0.29) is 18.8 Å². The molecule has 0 spiro atoms. The van der Waals surface area contributed by atoms with Gasteiger partial charge in [0.2, 0.25) is 5.92 Å². The molecule has 0 radical (unpaired) electrons. The third kappa shape index (κ3) is 2.60. The Balaban J connectivity index is 2.46. The molecule has 1 rings (SSSR count). The van der Waals surface area contributed by atoms with Crippen molar-refractivity contribution < 1.29 is 8.78 Å². The molecule has 0 aromatic heterocycles. The minimum absolute atomic E-state index is 0.0529. The normalized spacial score (nSPS) is 31.0. The molecule has 0 bridgehead atoms. The molecule has 1 aliphatic carbocycles. The Morgan fingerprint density at radius 2 is 2.18 bits per heavy atom. The second-order valence-electron chi connectivity index (χ2n) is 3.24. The second-order valence-corrected chi connectivity index (χ2v) is 3.24. The summed E-state index contributed by atoms with van der Waals surface area (Å²) in [7, 11) is 0. The topological polar surface area (TPSA) is 0 Å². The van der Waals surface area contributed by atoms with Gasteiger partial charge in [0.05, 0.1) is 0 Å². The number of hydrogen-bond donors (Lipinski definition) is 0. The molecule has 1 unspecified atom stereocenters. The van der Waals surface area contributed by atoms with Crippen LogP contribution in [-0.4, -0.2) is 5.92 Å². The first-order valence-electron chi connectivity index (χ1n) is 4.15. The Hall–Kier alpha value is -0.400. The van der Waals surface area contributed by atoms with Gasteiger partial charge >= 0.3 is 0 Å². The Labute approximate surface area is 66.3 Å². The van der Waals surface area contributed by atoms with Crippen LogP contribution in [0.4, 0.5) is 8.78 Å². The Bertz CT molecular complexity index is 150. The highest BCUT2D eigenvalue weighted by molar-refractivity contribution is 4.91. The summed E-state index contributed by atoms with van der Waals surface area (Å²) in [4.78, 5) is 0. The molecule has 0 saturated heterocycles. The highest BCUT2D eigenvalue weighted by Gasteiger charge is 2.34. The van der Waals surface area contributed by atoms with E-state index >= 15 is 0 Å². The summed E-state index contributed by atoms with van der Waals surface area (Å²) in [5.41, 5.74) is 0. The zero-order valence-electron chi connectivity index (χ0n) is 6.82. The van der Waals surface area contributed by atoms with Crippen molar-refractivity contribution in [2.75, 3.05) is 0 Å². The van der Waals surface area contributed by atoms with Crippen LogP contribution in [0.2, 0.25) is 0 Å². The van der Waals surface area contributed by atoms with Gasteiger partial charge in [0.1, 0.15) is 0 Å². The lowest BCUT2D eigenvalue weighted by atomic mass is 9.86. The summed E-state index contributed by atoms with van der Waals surface area (Å²) in [6, 6.07) is 0. The number of alkyl halides is 2. The van der Waals surface area contributed by atoms with E-state index in [2.05, 4.69) is 0 Å². The number of rotatable bonds is 1. The molecule has 0 aromatic rings. The van der Waals surface area contributed by atoms with E-state index in [4.69, 9.17) is 0 Å². The average Bonchev–Trinajstić information content (AvgIpc) is 1.85. The minimum Gasteiger partial charge on any atom is -0.207 e. The van der Waals surface area contributed by atoms with E-state index in [1.54, 1.807) is 0 Å². The Morgan fingerprint density at radius 1 is 1.45 bits per heavy atom. The standard InChI is InChI=1S/C9H14F2/c1-2-4-8-5-3-6-9(10,11)7-8/h2,4,8H,3,5-7H2,1H3/b4-2+. The van der Waals surface area contributed by atoms with Gasteiger partial charge in [-0.15, -0.1) is 0 Å².